The first kappa shape index (κ1) is 17.9. The minimum absolute atomic E-state index is 0.318. The summed E-state index contributed by atoms with van der Waals surface area (Å²) < 4.78 is 25.7. The molecule has 3 rings (SSSR count). The predicted octanol–water partition coefficient (Wildman–Crippen LogP) is 4.09. The van der Waals surface area contributed by atoms with Crippen molar-refractivity contribution in [3.63, 3.8) is 0 Å². The Bertz CT molecular complexity index is 1010. The Kier molecular flexibility index (Phi) is 5.13. The molecule has 25 heavy (non-hydrogen) atoms. The molecule has 3 aromatic rings. The molecule has 0 saturated heterocycles. The molecule has 2 aromatic carbocycles. The maximum atomic E-state index is 12.3. The molecule has 0 saturated carbocycles. The van der Waals surface area contributed by atoms with Crippen molar-refractivity contribution in [2.24, 2.45) is 0 Å². The van der Waals surface area contributed by atoms with Crippen LogP contribution in [0.3, 0.4) is 0 Å². The van der Waals surface area contributed by atoms with Crippen LogP contribution in [0.4, 0.5) is 0 Å². The van der Waals surface area contributed by atoms with Crippen LogP contribution in [0.1, 0.15) is 11.1 Å². The first-order valence-corrected chi connectivity index (χ1v) is 10.3. The van der Waals surface area contributed by atoms with Crippen LogP contribution in [0.15, 0.2) is 64.5 Å². The molecular formula is C19H20N2O2S2. The molecular weight excluding hydrogens is 352 g/mol. The van der Waals surface area contributed by atoms with E-state index in [2.05, 4.69) is 24.0 Å². The number of benzene rings is 2. The number of para-hydroxylation sites is 1. The minimum Gasteiger partial charge on any atom is -0.241 e. The van der Waals surface area contributed by atoms with Gasteiger partial charge in [0.2, 0.25) is 10.0 Å². The summed E-state index contributed by atoms with van der Waals surface area (Å²) in [7, 11) is -0.329. The van der Waals surface area contributed by atoms with Gasteiger partial charge in [-0.3, -0.25) is 0 Å². The fourth-order valence-corrected chi connectivity index (χ4v) is 4.45. The van der Waals surface area contributed by atoms with Gasteiger partial charge in [0.25, 0.3) is 0 Å². The second-order valence-electron chi connectivity index (χ2n) is 6.02. The third-order valence-corrected chi connectivity index (χ3v) is 6.76. The molecule has 4 nitrogen and oxygen atoms in total. The van der Waals surface area contributed by atoms with E-state index in [1.807, 2.05) is 24.3 Å². The SMILES string of the molecule is Cc1cc(SCc2cccc(S(=O)(=O)N(C)C)c2)nc2ccccc12. The second-order valence-corrected chi connectivity index (χ2v) is 9.17. The molecule has 0 atom stereocenters. The lowest BCUT2D eigenvalue weighted by Gasteiger charge is -2.12. The van der Waals surface area contributed by atoms with Gasteiger partial charge in [-0.05, 0) is 42.3 Å². The van der Waals surface area contributed by atoms with Crippen molar-refractivity contribution in [3.8, 4) is 0 Å². The van der Waals surface area contributed by atoms with Gasteiger partial charge in [0.1, 0.15) is 0 Å². The number of hydrogen-bond acceptors (Lipinski definition) is 4. The Morgan fingerprint density at radius 3 is 2.56 bits per heavy atom. The average Bonchev–Trinajstić information content (AvgIpc) is 2.60. The van der Waals surface area contributed by atoms with Gasteiger partial charge in [0.05, 0.1) is 15.4 Å². The Morgan fingerprint density at radius 2 is 1.80 bits per heavy atom. The monoisotopic (exact) mass is 372 g/mol. The maximum absolute atomic E-state index is 12.3. The summed E-state index contributed by atoms with van der Waals surface area (Å²) in [5.74, 6) is 0.668. The quantitative estimate of drug-likeness (QED) is 0.633. The molecule has 0 radical (unpaired) electrons. The molecule has 0 bridgehead atoms. The number of sulfonamides is 1. The van der Waals surface area contributed by atoms with Gasteiger partial charge in [-0.2, -0.15) is 0 Å². The van der Waals surface area contributed by atoms with Crippen LogP contribution < -0.4 is 0 Å². The van der Waals surface area contributed by atoms with Gasteiger partial charge in [-0.15, -0.1) is 11.8 Å². The lowest BCUT2D eigenvalue weighted by Crippen LogP contribution is -2.22. The highest BCUT2D eigenvalue weighted by atomic mass is 32.2. The van der Waals surface area contributed by atoms with Crippen molar-refractivity contribution in [3.05, 3.63) is 65.7 Å². The van der Waals surface area contributed by atoms with Gasteiger partial charge in [0, 0.05) is 25.2 Å². The van der Waals surface area contributed by atoms with Crippen LogP contribution in [-0.4, -0.2) is 31.8 Å². The number of aromatic nitrogens is 1. The standard InChI is InChI=1S/C19H20N2O2S2/c1-14-11-19(20-18-10-5-4-9-17(14)18)24-13-15-7-6-8-16(12-15)25(22,23)21(2)3/h4-12H,13H2,1-3H3. The van der Waals surface area contributed by atoms with E-state index in [0.717, 1.165) is 21.5 Å². The minimum atomic E-state index is -3.41. The Balaban J connectivity index is 1.83. The number of thioether (sulfide) groups is 1. The lowest BCUT2D eigenvalue weighted by molar-refractivity contribution is 0.520. The number of pyridine rings is 1. The van der Waals surface area contributed by atoms with Crippen LogP contribution >= 0.6 is 11.8 Å². The smallest absolute Gasteiger partial charge is 0.241 e. The van der Waals surface area contributed by atoms with E-state index >= 15 is 0 Å². The fourth-order valence-electron chi connectivity index (χ4n) is 2.56. The van der Waals surface area contributed by atoms with Crippen LogP contribution in [0.2, 0.25) is 0 Å². The molecule has 1 heterocycles. The van der Waals surface area contributed by atoms with Crippen molar-refractivity contribution in [1.29, 1.82) is 0 Å². The molecule has 130 valence electrons. The normalized spacial score (nSPS) is 12.0. The maximum Gasteiger partial charge on any atom is 0.242 e. The molecule has 0 N–H and O–H groups in total. The van der Waals surface area contributed by atoms with E-state index in [-0.39, 0.29) is 0 Å². The number of rotatable bonds is 5. The number of hydrogen-bond donors (Lipinski definition) is 0. The summed E-state index contributed by atoms with van der Waals surface area (Å²) in [4.78, 5) is 5.00. The Hall–Kier alpha value is -1.89. The number of fused-ring (bicyclic) bond motifs is 1. The highest BCUT2D eigenvalue weighted by Crippen LogP contribution is 2.27. The first-order valence-electron chi connectivity index (χ1n) is 7.88. The van der Waals surface area contributed by atoms with Crippen molar-refractivity contribution < 1.29 is 8.42 Å². The van der Waals surface area contributed by atoms with Crippen molar-refractivity contribution in [1.82, 2.24) is 9.29 Å². The van der Waals surface area contributed by atoms with Gasteiger partial charge in [-0.25, -0.2) is 17.7 Å². The van der Waals surface area contributed by atoms with Crippen LogP contribution in [0.25, 0.3) is 10.9 Å². The molecule has 1 aromatic heterocycles. The van der Waals surface area contributed by atoms with Crippen molar-refractivity contribution in [2.75, 3.05) is 14.1 Å². The van der Waals surface area contributed by atoms with Crippen LogP contribution in [-0.2, 0) is 15.8 Å². The molecule has 0 aliphatic carbocycles. The average molecular weight is 373 g/mol. The summed E-state index contributed by atoms with van der Waals surface area (Å²) in [5, 5.41) is 2.10. The second kappa shape index (κ2) is 7.15. The summed E-state index contributed by atoms with van der Waals surface area (Å²) in [5.41, 5.74) is 3.13. The number of aryl methyl sites for hydroxylation is 1. The third kappa shape index (κ3) is 3.86. The topological polar surface area (TPSA) is 50.3 Å². The van der Waals surface area contributed by atoms with E-state index in [4.69, 9.17) is 0 Å². The summed E-state index contributed by atoms with van der Waals surface area (Å²) in [6, 6.07) is 17.2. The Morgan fingerprint density at radius 1 is 1.04 bits per heavy atom. The molecule has 0 fully saturated rings. The molecule has 0 aliphatic heterocycles. The van der Waals surface area contributed by atoms with E-state index in [1.54, 1.807) is 44.1 Å². The Labute approximate surface area is 152 Å². The highest BCUT2D eigenvalue weighted by Gasteiger charge is 2.17. The zero-order valence-electron chi connectivity index (χ0n) is 14.4. The van der Waals surface area contributed by atoms with Crippen molar-refractivity contribution >= 4 is 32.7 Å². The molecule has 6 heteroatoms. The largest absolute Gasteiger partial charge is 0.242 e. The van der Waals surface area contributed by atoms with Gasteiger partial charge in [-0.1, -0.05) is 30.3 Å². The third-order valence-electron chi connectivity index (χ3n) is 3.96. The highest BCUT2D eigenvalue weighted by molar-refractivity contribution is 7.98. The lowest BCUT2D eigenvalue weighted by atomic mass is 10.1. The van der Waals surface area contributed by atoms with Crippen molar-refractivity contribution in [2.45, 2.75) is 22.6 Å². The predicted molar refractivity (Wildman–Crippen MR) is 103 cm³/mol. The summed E-state index contributed by atoms with van der Waals surface area (Å²) in [6.45, 7) is 2.08. The van der Waals surface area contributed by atoms with Gasteiger partial charge >= 0.3 is 0 Å². The molecule has 0 aliphatic rings. The van der Waals surface area contributed by atoms with E-state index < -0.39 is 10.0 Å². The van der Waals surface area contributed by atoms with Gasteiger partial charge in [0.15, 0.2) is 0 Å². The number of nitrogens with zero attached hydrogens (tertiary/aromatic N) is 2. The molecule has 0 spiro atoms. The molecule has 0 amide bonds. The van der Waals surface area contributed by atoms with Crippen LogP contribution in [0, 0.1) is 6.92 Å². The van der Waals surface area contributed by atoms with Gasteiger partial charge < -0.3 is 0 Å². The fraction of sp³-hybridized carbons (Fsp3) is 0.211. The molecule has 0 unspecified atom stereocenters. The zero-order valence-corrected chi connectivity index (χ0v) is 16.1. The first-order chi connectivity index (χ1) is 11.9. The summed E-state index contributed by atoms with van der Waals surface area (Å²) >= 11 is 1.61. The zero-order chi connectivity index (χ0) is 18.0. The van der Waals surface area contributed by atoms with E-state index in [9.17, 15) is 8.42 Å². The van der Waals surface area contributed by atoms with E-state index in [0.29, 0.717) is 10.6 Å². The van der Waals surface area contributed by atoms with Crippen LogP contribution in [0.5, 0.6) is 0 Å². The summed E-state index contributed by atoms with van der Waals surface area (Å²) in [6.07, 6.45) is 0. The van der Waals surface area contributed by atoms with E-state index in [1.165, 1.54) is 9.87 Å².